The lowest BCUT2D eigenvalue weighted by atomic mass is 9.72. The lowest BCUT2D eigenvalue weighted by Crippen LogP contribution is -2.47. The molecule has 128 valence electrons. The minimum atomic E-state index is -0.557. The van der Waals surface area contributed by atoms with Crippen LogP contribution in [0.25, 0.3) is 0 Å². The first kappa shape index (κ1) is 17.4. The monoisotopic (exact) mass is 380 g/mol. The van der Waals surface area contributed by atoms with E-state index in [4.69, 9.17) is 5.73 Å². The van der Waals surface area contributed by atoms with Crippen LogP contribution >= 0.6 is 15.9 Å². The maximum Gasteiger partial charge on any atom is 0.0728 e. The summed E-state index contributed by atoms with van der Waals surface area (Å²) < 4.78 is 1.10. The minimum absolute atomic E-state index is 0.189. The summed E-state index contributed by atoms with van der Waals surface area (Å²) in [4.78, 5) is 2.50. The molecular formula is C19H29BrN2O. The zero-order valence-electron chi connectivity index (χ0n) is 13.9. The topological polar surface area (TPSA) is 49.5 Å². The second-order valence-electron chi connectivity index (χ2n) is 7.41. The maximum atomic E-state index is 11.4. The van der Waals surface area contributed by atoms with Gasteiger partial charge in [0.05, 0.1) is 5.60 Å². The number of nitrogens with zero attached hydrogens (tertiary/aromatic N) is 1. The van der Waals surface area contributed by atoms with E-state index in [1.807, 2.05) is 0 Å². The Hall–Kier alpha value is -0.420. The molecule has 1 saturated heterocycles. The molecule has 3 N–H and O–H groups in total. The third-order valence-electron chi connectivity index (χ3n) is 5.69. The van der Waals surface area contributed by atoms with Crippen molar-refractivity contribution in [3.05, 3.63) is 34.3 Å². The summed E-state index contributed by atoms with van der Waals surface area (Å²) in [7, 11) is 0. The smallest absolute Gasteiger partial charge is 0.0728 e. The van der Waals surface area contributed by atoms with Gasteiger partial charge in [-0.1, -0.05) is 47.3 Å². The molecule has 2 aliphatic rings. The number of nitrogens with two attached hydrogens (primary N) is 1. The van der Waals surface area contributed by atoms with Gasteiger partial charge in [-0.3, -0.25) is 0 Å². The fourth-order valence-corrected chi connectivity index (χ4v) is 4.63. The molecule has 1 unspecified atom stereocenters. The average molecular weight is 381 g/mol. The SMILES string of the molecule is NC1CCN(CC(c2cccc(Br)c2)C2(O)CCCCC2)CC1. The number of halogens is 1. The second-order valence-corrected chi connectivity index (χ2v) is 8.33. The van der Waals surface area contributed by atoms with Gasteiger partial charge in [0.2, 0.25) is 0 Å². The molecular weight excluding hydrogens is 352 g/mol. The molecule has 4 heteroatoms. The van der Waals surface area contributed by atoms with E-state index in [0.29, 0.717) is 6.04 Å². The van der Waals surface area contributed by atoms with Crippen LogP contribution in [0.2, 0.25) is 0 Å². The molecule has 3 nitrogen and oxygen atoms in total. The van der Waals surface area contributed by atoms with Crippen LogP contribution in [0.3, 0.4) is 0 Å². The van der Waals surface area contributed by atoms with Gasteiger partial charge in [-0.15, -0.1) is 0 Å². The Morgan fingerprint density at radius 1 is 1.22 bits per heavy atom. The van der Waals surface area contributed by atoms with Gasteiger partial charge in [0.25, 0.3) is 0 Å². The summed E-state index contributed by atoms with van der Waals surface area (Å²) in [6.45, 7) is 3.06. The van der Waals surface area contributed by atoms with Gasteiger partial charge < -0.3 is 15.7 Å². The predicted molar refractivity (Wildman–Crippen MR) is 98.6 cm³/mol. The molecule has 23 heavy (non-hydrogen) atoms. The Balaban J connectivity index is 1.81. The molecule has 1 saturated carbocycles. The molecule has 0 bridgehead atoms. The van der Waals surface area contributed by atoms with E-state index in [9.17, 15) is 5.11 Å². The number of rotatable bonds is 4. The molecule has 2 fully saturated rings. The van der Waals surface area contributed by atoms with Crippen molar-refractivity contribution in [2.75, 3.05) is 19.6 Å². The van der Waals surface area contributed by atoms with E-state index in [-0.39, 0.29) is 5.92 Å². The number of hydrogen-bond acceptors (Lipinski definition) is 3. The Morgan fingerprint density at radius 3 is 2.57 bits per heavy atom. The quantitative estimate of drug-likeness (QED) is 0.837. The van der Waals surface area contributed by atoms with Crippen molar-refractivity contribution in [2.24, 2.45) is 5.73 Å². The van der Waals surface area contributed by atoms with Crippen LogP contribution in [0.5, 0.6) is 0 Å². The third kappa shape index (κ3) is 4.36. The van der Waals surface area contributed by atoms with Crippen molar-refractivity contribution in [1.82, 2.24) is 4.90 Å². The second kappa shape index (κ2) is 7.64. The fraction of sp³-hybridized carbons (Fsp3) is 0.684. The summed E-state index contributed by atoms with van der Waals surface area (Å²) in [6, 6.07) is 8.87. The predicted octanol–water partition coefficient (Wildman–Crippen LogP) is 3.65. The summed E-state index contributed by atoms with van der Waals surface area (Å²) in [5.41, 5.74) is 6.75. The zero-order chi connectivity index (χ0) is 16.3. The molecule has 0 spiro atoms. The van der Waals surface area contributed by atoms with Crippen LogP contribution < -0.4 is 5.73 Å². The molecule has 1 aliphatic carbocycles. The fourth-order valence-electron chi connectivity index (χ4n) is 4.22. The summed E-state index contributed by atoms with van der Waals surface area (Å²) in [5.74, 6) is 0.189. The Labute approximate surface area is 148 Å². The first-order chi connectivity index (χ1) is 11.1. The van der Waals surface area contributed by atoms with Crippen LogP contribution in [0.1, 0.15) is 56.4 Å². The maximum absolute atomic E-state index is 11.4. The number of likely N-dealkylation sites (tertiary alicyclic amines) is 1. The van der Waals surface area contributed by atoms with E-state index in [0.717, 1.165) is 62.6 Å². The van der Waals surface area contributed by atoms with Crippen molar-refractivity contribution in [2.45, 2.75) is 62.5 Å². The average Bonchev–Trinajstić information content (AvgIpc) is 2.55. The Bertz CT molecular complexity index is 508. The number of hydrogen-bond donors (Lipinski definition) is 2. The first-order valence-electron chi connectivity index (χ1n) is 9.03. The van der Waals surface area contributed by atoms with E-state index in [2.05, 4.69) is 45.1 Å². The molecule has 0 aromatic heterocycles. The highest BCUT2D eigenvalue weighted by atomic mass is 79.9. The van der Waals surface area contributed by atoms with Gasteiger partial charge in [0.1, 0.15) is 0 Å². The standard InChI is InChI=1S/C19H29BrN2O/c20-16-6-4-5-15(13-16)18(19(23)9-2-1-3-10-19)14-22-11-7-17(21)8-12-22/h4-6,13,17-18,23H,1-3,7-12,14,21H2. The summed E-state index contributed by atoms with van der Waals surface area (Å²) in [5, 5.41) is 11.4. The van der Waals surface area contributed by atoms with Crippen molar-refractivity contribution < 1.29 is 5.11 Å². The van der Waals surface area contributed by atoms with Crippen LogP contribution in [-0.2, 0) is 0 Å². The lowest BCUT2D eigenvalue weighted by molar-refractivity contribution is -0.0324. The first-order valence-corrected chi connectivity index (χ1v) is 9.82. The summed E-state index contributed by atoms with van der Waals surface area (Å²) >= 11 is 3.59. The number of benzene rings is 1. The van der Waals surface area contributed by atoms with E-state index < -0.39 is 5.60 Å². The van der Waals surface area contributed by atoms with Crippen LogP contribution in [0.4, 0.5) is 0 Å². The molecule has 1 aromatic carbocycles. The highest BCUT2D eigenvalue weighted by molar-refractivity contribution is 9.10. The van der Waals surface area contributed by atoms with E-state index >= 15 is 0 Å². The van der Waals surface area contributed by atoms with Gasteiger partial charge in [-0.25, -0.2) is 0 Å². The summed E-state index contributed by atoms with van der Waals surface area (Å²) in [6.07, 6.45) is 7.55. The van der Waals surface area contributed by atoms with Crippen LogP contribution in [-0.4, -0.2) is 41.3 Å². The van der Waals surface area contributed by atoms with Crippen molar-refractivity contribution in [1.29, 1.82) is 0 Å². The van der Waals surface area contributed by atoms with Crippen LogP contribution in [0, 0.1) is 0 Å². The number of piperidine rings is 1. The third-order valence-corrected chi connectivity index (χ3v) is 6.19. The highest BCUT2D eigenvalue weighted by Gasteiger charge is 2.39. The van der Waals surface area contributed by atoms with Gasteiger partial charge in [-0.05, 0) is 56.5 Å². The Morgan fingerprint density at radius 2 is 1.91 bits per heavy atom. The molecule has 0 radical (unpaired) electrons. The van der Waals surface area contributed by atoms with Gasteiger partial charge in [-0.2, -0.15) is 0 Å². The molecule has 1 heterocycles. The van der Waals surface area contributed by atoms with Crippen molar-refractivity contribution >= 4 is 15.9 Å². The van der Waals surface area contributed by atoms with Gasteiger partial charge in [0, 0.05) is 23.0 Å². The van der Waals surface area contributed by atoms with Gasteiger partial charge >= 0.3 is 0 Å². The van der Waals surface area contributed by atoms with Crippen molar-refractivity contribution in [3.63, 3.8) is 0 Å². The molecule has 1 aliphatic heterocycles. The van der Waals surface area contributed by atoms with E-state index in [1.54, 1.807) is 0 Å². The molecule has 0 amide bonds. The van der Waals surface area contributed by atoms with Crippen LogP contribution in [0.15, 0.2) is 28.7 Å². The minimum Gasteiger partial charge on any atom is -0.389 e. The largest absolute Gasteiger partial charge is 0.389 e. The zero-order valence-corrected chi connectivity index (χ0v) is 15.5. The Kier molecular flexibility index (Phi) is 5.78. The van der Waals surface area contributed by atoms with Gasteiger partial charge in [0.15, 0.2) is 0 Å². The van der Waals surface area contributed by atoms with E-state index in [1.165, 1.54) is 12.0 Å². The lowest BCUT2D eigenvalue weighted by Gasteiger charge is -2.43. The number of aliphatic hydroxyl groups is 1. The molecule has 1 atom stereocenters. The molecule has 1 aromatic rings. The molecule has 3 rings (SSSR count). The normalized spacial score (nSPS) is 24.5. The van der Waals surface area contributed by atoms with Crippen molar-refractivity contribution in [3.8, 4) is 0 Å². The highest BCUT2D eigenvalue weighted by Crippen LogP contribution is 2.41.